The highest BCUT2D eigenvalue weighted by atomic mass is 31.2. The summed E-state index contributed by atoms with van der Waals surface area (Å²) in [6.07, 6.45) is 5.16. The van der Waals surface area contributed by atoms with Crippen LogP contribution in [0.15, 0.2) is 30.7 Å². The van der Waals surface area contributed by atoms with Crippen molar-refractivity contribution in [3.63, 3.8) is 0 Å². The van der Waals surface area contributed by atoms with Gasteiger partial charge in [-0.05, 0) is 19.0 Å². The second-order valence-corrected chi connectivity index (χ2v) is 6.91. The van der Waals surface area contributed by atoms with Crippen molar-refractivity contribution in [3.05, 3.63) is 36.4 Å². The summed E-state index contributed by atoms with van der Waals surface area (Å²) >= 11 is 0. The first kappa shape index (κ1) is 24.7. The van der Waals surface area contributed by atoms with Crippen LogP contribution in [0.2, 0.25) is 0 Å². The number of hydrogen-bond acceptors (Lipinski definition) is 10. The van der Waals surface area contributed by atoms with E-state index in [1.807, 2.05) is 6.07 Å². The molecule has 3 aromatic rings. The largest absolute Gasteiger partial charge is 0.496 e. The van der Waals surface area contributed by atoms with Crippen LogP contribution in [0.4, 0.5) is 11.6 Å². The van der Waals surface area contributed by atoms with Gasteiger partial charge < -0.3 is 35.2 Å². The first-order valence-electron chi connectivity index (χ1n) is 8.94. The van der Waals surface area contributed by atoms with Gasteiger partial charge in [0.2, 0.25) is 5.88 Å². The van der Waals surface area contributed by atoms with Crippen molar-refractivity contribution < 1.29 is 28.7 Å². The lowest BCUT2D eigenvalue weighted by Crippen LogP contribution is -2.07. The fourth-order valence-corrected chi connectivity index (χ4v) is 2.30. The number of methoxy groups -OCH3 is 1. The van der Waals surface area contributed by atoms with Crippen molar-refractivity contribution in [2.45, 2.75) is 6.42 Å². The van der Waals surface area contributed by atoms with Crippen LogP contribution in [0, 0.1) is 11.3 Å². The topological polar surface area (TPSA) is 225 Å². The van der Waals surface area contributed by atoms with E-state index in [9.17, 15) is 0 Å². The molecule has 0 saturated carbocycles. The van der Waals surface area contributed by atoms with Gasteiger partial charge in [0, 0.05) is 12.3 Å². The number of phosphoric acid groups is 1. The van der Waals surface area contributed by atoms with Gasteiger partial charge in [-0.3, -0.25) is 5.10 Å². The first-order chi connectivity index (χ1) is 15.2. The number of aromatic amines is 1. The Morgan fingerprint density at radius 1 is 1.25 bits per heavy atom. The zero-order chi connectivity index (χ0) is 23.6. The molecule has 0 aliphatic carbocycles. The van der Waals surface area contributed by atoms with Gasteiger partial charge in [0.25, 0.3) is 0 Å². The third-order valence-corrected chi connectivity index (χ3v) is 3.55. The Morgan fingerprint density at radius 2 is 2.00 bits per heavy atom. The lowest BCUT2D eigenvalue weighted by Gasteiger charge is -2.12. The molecule has 0 aromatic carbocycles. The average molecular weight is 464 g/mol. The van der Waals surface area contributed by atoms with Crippen molar-refractivity contribution >= 4 is 19.5 Å². The monoisotopic (exact) mass is 464 g/mol. The van der Waals surface area contributed by atoms with Crippen LogP contribution in [-0.2, 0) is 4.57 Å². The van der Waals surface area contributed by atoms with E-state index in [1.54, 1.807) is 25.4 Å². The quantitative estimate of drug-likeness (QED) is 0.199. The molecule has 32 heavy (non-hydrogen) atoms. The molecule has 170 valence electrons. The molecule has 0 unspecified atom stereocenters. The molecule has 3 heterocycles. The Bertz CT molecular complexity index is 1090. The van der Waals surface area contributed by atoms with Gasteiger partial charge in [-0.15, -0.1) is 0 Å². The van der Waals surface area contributed by atoms with Crippen molar-refractivity contribution in [2.75, 3.05) is 25.6 Å². The highest BCUT2D eigenvalue weighted by Gasteiger charge is 2.17. The standard InChI is InChI=1S/C17H18N8O2.H3O4P/c1-26-13-3-5-20-17(27-6-2-4-18)16(13)12-7-14(25-24-12)23-15-10-21-11(8-19)9-22-15;1-5(2,3)4/h3,5,7,9-10H,2,4,6,18H2,1H3,(H2,22,23,24,25);(H3,1,2,3,4). The van der Waals surface area contributed by atoms with E-state index in [4.69, 9.17) is 39.7 Å². The lowest BCUT2D eigenvalue weighted by atomic mass is 10.2. The molecular formula is C17H21N8O6P. The van der Waals surface area contributed by atoms with Crippen molar-refractivity contribution in [1.29, 1.82) is 5.26 Å². The molecule has 0 aliphatic heterocycles. The third-order valence-electron chi connectivity index (χ3n) is 3.55. The molecule has 15 heteroatoms. The van der Waals surface area contributed by atoms with E-state index in [0.29, 0.717) is 54.1 Å². The summed E-state index contributed by atoms with van der Waals surface area (Å²) in [6.45, 7) is 0.979. The van der Waals surface area contributed by atoms with Crippen molar-refractivity contribution in [3.8, 4) is 29.0 Å². The fourth-order valence-electron chi connectivity index (χ4n) is 2.30. The fraction of sp³-hybridized carbons (Fsp3) is 0.235. The number of anilines is 2. The smallest absolute Gasteiger partial charge is 0.466 e. The van der Waals surface area contributed by atoms with Crippen LogP contribution in [0.25, 0.3) is 11.3 Å². The van der Waals surface area contributed by atoms with Crippen LogP contribution in [0.1, 0.15) is 12.1 Å². The molecule has 0 bridgehead atoms. The summed E-state index contributed by atoms with van der Waals surface area (Å²) in [7, 11) is -3.07. The maximum absolute atomic E-state index is 8.88. The van der Waals surface area contributed by atoms with Gasteiger partial charge in [0.05, 0.1) is 31.8 Å². The molecule has 3 rings (SSSR count). The second kappa shape index (κ2) is 11.7. The number of nitrogens with zero attached hydrogens (tertiary/aromatic N) is 5. The van der Waals surface area contributed by atoms with E-state index in [2.05, 4.69) is 30.5 Å². The minimum atomic E-state index is -4.64. The number of nitrogens with one attached hydrogen (secondary N) is 2. The number of H-pyrrole nitrogens is 1. The van der Waals surface area contributed by atoms with Crippen LogP contribution < -0.4 is 20.5 Å². The van der Waals surface area contributed by atoms with Gasteiger partial charge in [-0.25, -0.2) is 19.5 Å². The predicted octanol–water partition coefficient (Wildman–Crippen LogP) is 0.685. The summed E-state index contributed by atoms with van der Waals surface area (Å²) < 4.78 is 20.1. The predicted molar refractivity (Wildman–Crippen MR) is 112 cm³/mol. The van der Waals surface area contributed by atoms with E-state index in [1.165, 1.54) is 12.4 Å². The molecule has 0 atom stereocenters. The van der Waals surface area contributed by atoms with Crippen LogP contribution in [-0.4, -0.2) is 60.1 Å². The van der Waals surface area contributed by atoms with Crippen molar-refractivity contribution in [2.24, 2.45) is 5.73 Å². The number of ether oxygens (including phenoxy) is 2. The summed E-state index contributed by atoms with van der Waals surface area (Å²) in [4.78, 5) is 33.9. The zero-order valence-electron chi connectivity index (χ0n) is 16.8. The highest BCUT2D eigenvalue weighted by molar-refractivity contribution is 7.45. The number of aromatic nitrogens is 5. The van der Waals surface area contributed by atoms with Gasteiger partial charge in [0.15, 0.2) is 11.5 Å². The molecular weight excluding hydrogens is 443 g/mol. The average Bonchev–Trinajstić information content (AvgIpc) is 3.21. The van der Waals surface area contributed by atoms with Gasteiger partial charge in [-0.2, -0.15) is 10.4 Å². The van der Waals surface area contributed by atoms with E-state index in [0.717, 1.165) is 0 Å². The third kappa shape index (κ3) is 7.91. The van der Waals surface area contributed by atoms with E-state index < -0.39 is 7.82 Å². The highest BCUT2D eigenvalue weighted by Crippen LogP contribution is 2.36. The minimum absolute atomic E-state index is 0.239. The second-order valence-electron chi connectivity index (χ2n) is 5.89. The molecule has 7 N–H and O–H groups in total. The van der Waals surface area contributed by atoms with E-state index >= 15 is 0 Å². The summed E-state index contributed by atoms with van der Waals surface area (Å²) in [5, 5.41) is 18.9. The summed E-state index contributed by atoms with van der Waals surface area (Å²) in [5.41, 5.74) is 7.07. The number of rotatable bonds is 8. The van der Waals surface area contributed by atoms with Crippen LogP contribution in [0.3, 0.4) is 0 Å². The maximum Gasteiger partial charge on any atom is 0.466 e. The number of pyridine rings is 1. The zero-order valence-corrected chi connectivity index (χ0v) is 17.7. The maximum atomic E-state index is 8.88. The molecule has 0 spiro atoms. The van der Waals surface area contributed by atoms with Crippen LogP contribution >= 0.6 is 7.82 Å². The number of nitriles is 1. The molecule has 0 aliphatic rings. The first-order valence-corrected chi connectivity index (χ1v) is 10.5. The molecule has 14 nitrogen and oxygen atoms in total. The Kier molecular flexibility index (Phi) is 9.02. The molecule has 0 radical (unpaired) electrons. The van der Waals surface area contributed by atoms with Gasteiger partial charge in [-0.1, -0.05) is 0 Å². The minimum Gasteiger partial charge on any atom is -0.496 e. The summed E-state index contributed by atoms with van der Waals surface area (Å²) in [5.74, 6) is 2.00. The van der Waals surface area contributed by atoms with Gasteiger partial charge in [0.1, 0.15) is 23.2 Å². The van der Waals surface area contributed by atoms with Crippen molar-refractivity contribution in [1.82, 2.24) is 25.1 Å². The lowest BCUT2D eigenvalue weighted by molar-refractivity contribution is 0.275. The number of nitrogens with two attached hydrogens (primary N) is 1. The Morgan fingerprint density at radius 3 is 2.59 bits per heavy atom. The summed E-state index contributed by atoms with van der Waals surface area (Å²) in [6, 6.07) is 5.43. The SMILES string of the molecule is COc1ccnc(OCCCN)c1-c1cc(Nc2cnc(C#N)cn2)n[nH]1.O=P(O)(O)O. The van der Waals surface area contributed by atoms with Crippen LogP contribution in [0.5, 0.6) is 11.6 Å². The Hall–Kier alpha value is -3.60. The molecule has 0 amide bonds. The van der Waals surface area contributed by atoms with Gasteiger partial charge >= 0.3 is 7.82 Å². The molecule has 0 saturated heterocycles. The normalized spacial score (nSPS) is 10.5. The number of hydrogen-bond donors (Lipinski definition) is 6. The van der Waals surface area contributed by atoms with E-state index in [-0.39, 0.29) is 5.69 Å². The molecule has 3 aromatic heterocycles. The molecule has 0 fully saturated rings. The Labute approximate surface area is 182 Å². The Balaban J connectivity index is 0.000000654.